The smallest absolute Gasteiger partial charge is 0.335 e. The molecule has 3 aromatic rings. The Labute approximate surface area is 178 Å². The van der Waals surface area contributed by atoms with Crippen LogP contribution in [0.5, 0.6) is 5.75 Å². The zero-order chi connectivity index (χ0) is 21.5. The predicted molar refractivity (Wildman–Crippen MR) is 112 cm³/mol. The van der Waals surface area contributed by atoms with Gasteiger partial charge in [0.05, 0.1) is 10.5 Å². The Kier molecular flexibility index (Phi) is 4.93. The van der Waals surface area contributed by atoms with Gasteiger partial charge < -0.3 is 15.5 Å². The van der Waals surface area contributed by atoms with E-state index in [1.54, 1.807) is 30.3 Å². The van der Waals surface area contributed by atoms with E-state index < -0.39 is 21.7 Å². The van der Waals surface area contributed by atoms with Gasteiger partial charge in [-0.25, -0.2) is 13.2 Å². The van der Waals surface area contributed by atoms with E-state index in [0.29, 0.717) is 10.6 Å². The Morgan fingerprint density at radius 3 is 2.33 bits per heavy atom. The Morgan fingerprint density at radius 2 is 1.70 bits per heavy atom. The van der Waals surface area contributed by atoms with E-state index in [-0.39, 0.29) is 22.6 Å². The molecule has 3 aromatic carbocycles. The van der Waals surface area contributed by atoms with Crippen LogP contribution in [0.25, 0.3) is 0 Å². The summed E-state index contributed by atoms with van der Waals surface area (Å²) in [6.45, 7) is 0. The molecule has 9 heteroatoms. The third-order valence-electron chi connectivity index (χ3n) is 4.95. The number of hydrogen-bond acceptors (Lipinski definition) is 5. The Bertz CT molecular complexity index is 1230. The minimum atomic E-state index is -3.99. The maximum absolute atomic E-state index is 13.1. The van der Waals surface area contributed by atoms with Crippen LogP contribution in [0.2, 0.25) is 5.02 Å². The molecule has 30 heavy (non-hydrogen) atoms. The highest BCUT2D eigenvalue weighted by Crippen LogP contribution is 2.39. The Hall–Kier alpha value is -3.07. The summed E-state index contributed by atoms with van der Waals surface area (Å²) in [5, 5.41) is 22.4. The van der Waals surface area contributed by atoms with Crippen LogP contribution in [0.1, 0.15) is 21.5 Å². The minimum Gasteiger partial charge on any atom is -0.508 e. The highest BCUT2D eigenvalue weighted by atomic mass is 35.5. The summed E-state index contributed by atoms with van der Waals surface area (Å²) >= 11 is 6.11. The second-order valence-electron chi connectivity index (χ2n) is 6.99. The number of hydrogen-bond donors (Lipinski definition) is 4. The molecule has 1 heterocycles. The third-order valence-corrected chi connectivity index (χ3v) is 6.70. The molecule has 1 aliphatic heterocycles. The molecule has 1 aliphatic rings. The summed E-state index contributed by atoms with van der Waals surface area (Å²) in [4.78, 5) is 11.2. The number of sulfonamides is 1. The molecule has 0 saturated heterocycles. The molecular weight excluding hydrogens is 428 g/mol. The van der Waals surface area contributed by atoms with Crippen molar-refractivity contribution in [2.75, 3.05) is 5.32 Å². The Morgan fingerprint density at radius 1 is 1.03 bits per heavy atom. The van der Waals surface area contributed by atoms with Crippen molar-refractivity contribution in [2.45, 2.75) is 17.0 Å². The van der Waals surface area contributed by atoms with Gasteiger partial charge in [-0.05, 0) is 65.7 Å². The molecule has 0 bridgehead atoms. The first kappa shape index (κ1) is 20.2. The van der Waals surface area contributed by atoms with E-state index in [4.69, 9.17) is 11.6 Å². The summed E-state index contributed by atoms with van der Waals surface area (Å²) in [7, 11) is -3.99. The van der Waals surface area contributed by atoms with Crippen LogP contribution in [0.4, 0.5) is 5.69 Å². The standard InChI is InChI=1S/C21H17ClN2O5S/c22-16-5-10-19-14(11-16)12-21(23-19,15-3-1-13(2-4-15)20(26)27)24-30(28,29)18-8-6-17(25)7-9-18/h1-11,23-25H,12H2,(H,26,27). The number of phenolic OH excluding ortho intramolecular Hbond substituents is 1. The molecule has 0 saturated carbocycles. The van der Waals surface area contributed by atoms with Gasteiger partial charge in [0.2, 0.25) is 10.0 Å². The molecule has 4 rings (SSSR count). The first-order valence-corrected chi connectivity index (χ1v) is 10.8. The van der Waals surface area contributed by atoms with Crippen molar-refractivity contribution >= 4 is 33.3 Å². The number of carbonyl (C=O) groups is 1. The van der Waals surface area contributed by atoms with Crippen LogP contribution in [-0.4, -0.2) is 24.6 Å². The molecule has 1 unspecified atom stereocenters. The number of phenols is 1. The summed E-state index contributed by atoms with van der Waals surface area (Å²) in [6, 6.07) is 16.4. The van der Waals surface area contributed by atoms with E-state index in [1.165, 1.54) is 36.4 Å². The van der Waals surface area contributed by atoms with Gasteiger partial charge in [0.25, 0.3) is 0 Å². The molecule has 0 radical (unpaired) electrons. The lowest BCUT2D eigenvalue weighted by atomic mass is 9.95. The number of halogens is 1. The maximum Gasteiger partial charge on any atom is 0.335 e. The molecule has 1 atom stereocenters. The molecule has 0 fully saturated rings. The van der Waals surface area contributed by atoms with Crippen LogP contribution in [-0.2, 0) is 22.1 Å². The zero-order valence-corrected chi connectivity index (χ0v) is 17.0. The quantitative estimate of drug-likeness (QED) is 0.478. The second-order valence-corrected chi connectivity index (χ2v) is 9.11. The van der Waals surface area contributed by atoms with Crippen molar-refractivity contribution in [3.8, 4) is 5.75 Å². The molecule has 0 aromatic heterocycles. The fourth-order valence-electron chi connectivity index (χ4n) is 3.50. The topological polar surface area (TPSA) is 116 Å². The van der Waals surface area contributed by atoms with Crippen LogP contribution in [0.15, 0.2) is 71.6 Å². The van der Waals surface area contributed by atoms with E-state index in [1.807, 2.05) is 0 Å². The molecule has 7 nitrogen and oxygen atoms in total. The molecule has 0 spiro atoms. The van der Waals surface area contributed by atoms with E-state index >= 15 is 0 Å². The van der Waals surface area contributed by atoms with Gasteiger partial charge in [-0.3, -0.25) is 0 Å². The lowest BCUT2D eigenvalue weighted by Crippen LogP contribution is -2.50. The van der Waals surface area contributed by atoms with E-state index in [0.717, 1.165) is 11.3 Å². The summed E-state index contributed by atoms with van der Waals surface area (Å²) in [5.41, 5.74) is 0.921. The third kappa shape index (κ3) is 3.72. The van der Waals surface area contributed by atoms with Crippen molar-refractivity contribution in [1.82, 2.24) is 4.72 Å². The average Bonchev–Trinajstić information content (AvgIpc) is 3.06. The number of nitrogens with one attached hydrogen (secondary N) is 2. The largest absolute Gasteiger partial charge is 0.508 e. The number of anilines is 1. The van der Waals surface area contributed by atoms with Gasteiger partial charge in [0.1, 0.15) is 11.4 Å². The second kappa shape index (κ2) is 7.32. The highest BCUT2D eigenvalue weighted by molar-refractivity contribution is 7.89. The number of aromatic hydroxyl groups is 1. The fourth-order valence-corrected chi connectivity index (χ4v) is 5.00. The average molecular weight is 445 g/mol. The van der Waals surface area contributed by atoms with Crippen molar-refractivity contribution in [2.24, 2.45) is 0 Å². The van der Waals surface area contributed by atoms with Gasteiger partial charge in [-0.15, -0.1) is 0 Å². The summed E-state index contributed by atoms with van der Waals surface area (Å²) in [6.07, 6.45) is 0.257. The Balaban J connectivity index is 1.79. The van der Waals surface area contributed by atoms with E-state index in [2.05, 4.69) is 10.0 Å². The highest BCUT2D eigenvalue weighted by Gasteiger charge is 2.42. The first-order chi connectivity index (χ1) is 14.2. The predicted octanol–water partition coefficient (Wildman–Crippen LogP) is 3.54. The van der Waals surface area contributed by atoms with Gasteiger partial charge in [0.15, 0.2) is 0 Å². The summed E-state index contributed by atoms with van der Waals surface area (Å²) < 4.78 is 29.0. The van der Waals surface area contributed by atoms with Gasteiger partial charge in [-0.1, -0.05) is 23.7 Å². The van der Waals surface area contributed by atoms with Crippen molar-refractivity contribution < 1.29 is 23.4 Å². The lowest BCUT2D eigenvalue weighted by molar-refractivity contribution is 0.0696. The van der Waals surface area contributed by atoms with Crippen LogP contribution >= 0.6 is 11.6 Å². The van der Waals surface area contributed by atoms with Crippen LogP contribution in [0, 0.1) is 0 Å². The number of benzene rings is 3. The molecular formula is C21H17ClN2O5S. The molecule has 0 amide bonds. The molecule has 4 N–H and O–H groups in total. The number of fused-ring (bicyclic) bond motifs is 1. The van der Waals surface area contributed by atoms with Crippen molar-refractivity contribution in [3.05, 3.63) is 88.4 Å². The lowest BCUT2D eigenvalue weighted by Gasteiger charge is -2.32. The molecule has 0 aliphatic carbocycles. The number of aromatic carboxylic acids is 1. The van der Waals surface area contributed by atoms with Gasteiger partial charge >= 0.3 is 5.97 Å². The number of carboxylic acids is 1. The van der Waals surface area contributed by atoms with E-state index in [9.17, 15) is 23.4 Å². The fraction of sp³-hybridized carbons (Fsp3) is 0.0952. The van der Waals surface area contributed by atoms with Crippen LogP contribution < -0.4 is 10.0 Å². The first-order valence-electron chi connectivity index (χ1n) is 8.92. The normalized spacial score (nSPS) is 17.9. The monoisotopic (exact) mass is 444 g/mol. The van der Waals surface area contributed by atoms with Gasteiger partial charge in [0, 0.05) is 17.1 Å². The maximum atomic E-state index is 13.1. The number of rotatable bonds is 5. The molecule has 154 valence electrons. The zero-order valence-electron chi connectivity index (χ0n) is 15.5. The van der Waals surface area contributed by atoms with Crippen molar-refractivity contribution in [1.29, 1.82) is 0 Å². The van der Waals surface area contributed by atoms with Gasteiger partial charge in [-0.2, -0.15) is 4.72 Å². The minimum absolute atomic E-state index is 0.0161. The SMILES string of the molecule is O=C(O)c1ccc(C2(NS(=O)(=O)c3ccc(O)cc3)Cc3cc(Cl)ccc3N2)cc1. The summed E-state index contributed by atoms with van der Waals surface area (Å²) in [5.74, 6) is -1.12. The number of carboxylic acid groups (broad SMARTS) is 1. The van der Waals surface area contributed by atoms with Crippen molar-refractivity contribution in [3.63, 3.8) is 0 Å². The van der Waals surface area contributed by atoms with Crippen LogP contribution in [0.3, 0.4) is 0 Å².